The van der Waals surface area contributed by atoms with Crippen LogP contribution in [0.2, 0.25) is 0 Å². The minimum atomic E-state index is -0.573. The van der Waals surface area contributed by atoms with Gasteiger partial charge in [0.05, 0.1) is 37.3 Å². The van der Waals surface area contributed by atoms with Crippen LogP contribution < -0.4 is 26.8 Å². The van der Waals surface area contributed by atoms with Crippen LogP contribution in [0.3, 0.4) is 0 Å². The van der Waals surface area contributed by atoms with Crippen molar-refractivity contribution >= 4 is 24.4 Å². The van der Waals surface area contributed by atoms with Crippen LogP contribution >= 0.6 is 0 Å². The minimum Gasteiger partial charge on any atom is -0.447 e. The van der Waals surface area contributed by atoms with Crippen molar-refractivity contribution in [2.24, 2.45) is 17.8 Å². The summed E-state index contributed by atoms with van der Waals surface area (Å²) in [5, 5.41) is 8.49. The van der Waals surface area contributed by atoms with Crippen LogP contribution in [0.1, 0.15) is 93.4 Å². The van der Waals surface area contributed by atoms with Crippen LogP contribution in [0.15, 0.2) is 11.6 Å². The Balaban J connectivity index is 1.31. The normalized spacial score (nSPS) is 28.0. The van der Waals surface area contributed by atoms with Crippen molar-refractivity contribution in [3.05, 3.63) is 11.6 Å². The van der Waals surface area contributed by atoms with Crippen molar-refractivity contribution in [2.75, 3.05) is 40.0 Å². The Morgan fingerprint density at radius 2 is 1.66 bits per heavy atom. The van der Waals surface area contributed by atoms with E-state index in [4.69, 9.17) is 23.7 Å². The number of unbranched alkanes of at least 4 members (excludes halogenated alkanes) is 3. The van der Waals surface area contributed by atoms with Gasteiger partial charge in [-0.3, -0.25) is 4.79 Å². The van der Waals surface area contributed by atoms with Crippen LogP contribution in [0.25, 0.3) is 0 Å². The largest absolute Gasteiger partial charge is 0.447 e. The van der Waals surface area contributed by atoms with E-state index in [0.717, 1.165) is 44.8 Å². The second-order valence-corrected chi connectivity index (χ2v) is 15.0. The predicted molar refractivity (Wildman–Crippen MR) is 188 cm³/mol. The summed E-state index contributed by atoms with van der Waals surface area (Å²) in [4.78, 5) is 48.4. The van der Waals surface area contributed by atoms with Crippen molar-refractivity contribution < 1.29 is 42.9 Å². The van der Waals surface area contributed by atoms with Crippen LogP contribution in [-0.2, 0) is 33.3 Å². The van der Waals surface area contributed by atoms with Gasteiger partial charge in [0, 0.05) is 20.2 Å². The van der Waals surface area contributed by atoms with Gasteiger partial charge in [-0.15, -0.1) is 0 Å². The zero-order valence-electron chi connectivity index (χ0n) is 31.4. The number of aldehydes is 1. The predicted octanol–water partition coefficient (Wildman–Crippen LogP) is 3.53. The molecule has 0 aromatic heterocycles. The first-order valence-electron chi connectivity index (χ1n) is 18.3. The van der Waals surface area contributed by atoms with Crippen molar-refractivity contribution in [2.45, 2.75) is 135 Å². The molecule has 3 rings (SSSR count). The molecule has 4 unspecified atom stereocenters. The first-order valence-corrected chi connectivity index (χ1v) is 18.3. The minimum absolute atomic E-state index is 0.00580. The Labute approximate surface area is 298 Å². The van der Waals surface area contributed by atoms with Gasteiger partial charge in [0.1, 0.15) is 36.3 Å². The van der Waals surface area contributed by atoms with Gasteiger partial charge in [0.2, 0.25) is 5.91 Å². The Bertz CT molecular complexity index is 1140. The number of ether oxygens (including phenoxy) is 5. The fourth-order valence-corrected chi connectivity index (χ4v) is 6.70. The van der Waals surface area contributed by atoms with Crippen LogP contribution in [-0.4, -0.2) is 106 Å². The number of methoxy groups -OCH3 is 1. The topological polar surface area (TPSA) is 181 Å². The maximum atomic E-state index is 13.1. The van der Waals surface area contributed by atoms with Crippen LogP contribution in [0.5, 0.6) is 0 Å². The number of carbonyl (C=O) groups excluding carboxylic acids is 4. The zero-order valence-corrected chi connectivity index (χ0v) is 31.4. The number of amides is 3. The van der Waals surface area contributed by atoms with E-state index in [0.29, 0.717) is 26.1 Å². The number of alkyl carbamates (subject to hydrolysis) is 2. The maximum absolute atomic E-state index is 13.1. The molecule has 14 nitrogen and oxygen atoms in total. The van der Waals surface area contributed by atoms with Crippen LogP contribution in [0.4, 0.5) is 9.59 Å². The third-order valence-electron chi connectivity index (χ3n) is 10.1. The lowest BCUT2D eigenvalue weighted by Crippen LogP contribution is -2.56. The third kappa shape index (κ3) is 12.5. The van der Waals surface area contributed by atoms with Gasteiger partial charge in [-0.05, 0) is 64.7 Å². The van der Waals surface area contributed by atoms with E-state index < -0.39 is 29.9 Å². The SMILES string of the molecule is COC1C(OC(=O)N[C@@H](COC(=O)NCCCCCCNC(=O)CNN[C@H](C=O)C(C)C)C(C)C)CC[C@]2(CO2)C1C1(C)O[C@@H]1CC=C(C)C. The quantitative estimate of drug-likeness (QED) is 0.0365. The third-order valence-corrected chi connectivity index (χ3v) is 10.1. The molecule has 0 aromatic carbocycles. The monoisotopic (exact) mass is 709 g/mol. The number of hydrogen-bond acceptors (Lipinski definition) is 11. The first kappa shape index (κ1) is 41.6. The zero-order chi connectivity index (χ0) is 36.9. The molecule has 2 heterocycles. The highest BCUT2D eigenvalue weighted by Gasteiger charge is 2.72. The molecule has 2 saturated heterocycles. The molecule has 3 fully saturated rings. The lowest BCUT2D eigenvalue weighted by Gasteiger charge is -2.42. The van der Waals surface area contributed by atoms with E-state index in [1.54, 1.807) is 7.11 Å². The maximum Gasteiger partial charge on any atom is 0.407 e. The Morgan fingerprint density at radius 1 is 0.980 bits per heavy atom. The van der Waals surface area contributed by atoms with E-state index >= 15 is 0 Å². The fraction of sp³-hybridized carbons (Fsp3) is 0.833. The van der Waals surface area contributed by atoms with Gasteiger partial charge in [-0.2, -0.15) is 0 Å². The lowest BCUT2D eigenvalue weighted by molar-refractivity contribution is -0.120. The lowest BCUT2D eigenvalue weighted by atomic mass is 9.68. The summed E-state index contributed by atoms with van der Waals surface area (Å²) < 4.78 is 29.6. The standard InChI is InChI=1S/C36H63N5O9/c1-23(2)13-14-29-35(7,50-29)32-31(46-8)28(15-16-36(32)22-48-36)49-34(45)40-27(25(5)6)21-47-33(44)38-18-12-10-9-11-17-37-30(43)19-39-41-26(20-42)24(3)4/h13,20,24-29,31-32,39,41H,9-12,14-19,21-22H2,1-8H3,(H,37,43)(H,38,44)(H,40,45)/t26-,27+,28?,29-,31?,32?,35?,36+/m1/s1. The van der Waals surface area contributed by atoms with Crippen molar-refractivity contribution in [1.29, 1.82) is 0 Å². The molecule has 1 aliphatic carbocycles. The molecule has 0 bridgehead atoms. The number of hydrazine groups is 1. The summed E-state index contributed by atoms with van der Waals surface area (Å²) in [6, 6.07) is -0.785. The molecule has 8 atom stereocenters. The number of rotatable bonds is 22. The highest BCUT2D eigenvalue weighted by atomic mass is 16.6. The summed E-state index contributed by atoms with van der Waals surface area (Å²) in [6.07, 6.45) is 6.66. The second-order valence-electron chi connectivity index (χ2n) is 15.0. The first-order chi connectivity index (χ1) is 23.8. The molecule has 0 aromatic rings. The smallest absolute Gasteiger partial charge is 0.407 e. The van der Waals surface area contributed by atoms with Gasteiger partial charge >= 0.3 is 12.2 Å². The molecule has 14 heteroatoms. The summed E-state index contributed by atoms with van der Waals surface area (Å²) in [5.74, 6) is -0.103. The summed E-state index contributed by atoms with van der Waals surface area (Å²) >= 11 is 0. The molecule has 0 radical (unpaired) electrons. The molecule has 1 saturated carbocycles. The summed E-state index contributed by atoms with van der Waals surface area (Å²) in [6.45, 7) is 15.7. The molecule has 2 aliphatic heterocycles. The van der Waals surface area contributed by atoms with Crippen molar-refractivity contribution in [3.8, 4) is 0 Å². The Kier molecular flexibility index (Phi) is 16.4. The molecule has 1 spiro atoms. The fourth-order valence-electron chi connectivity index (χ4n) is 6.70. The van der Waals surface area contributed by atoms with Gasteiger partial charge in [-0.25, -0.2) is 20.4 Å². The molecule has 50 heavy (non-hydrogen) atoms. The molecular formula is C36H63N5O9. The molecule has 3 aliphatic rings. The van der Waals surface area contributed by atoms with Gasteiger partial charge in [-0.1, -0.05) is 52.2 Å². The van der Waals surface area contributed by atoms with E-state index in [-0.39, 0.29) is 60.7 Å². The number of allylic oxidation sites excluding steroid dienone is 1. The summed E-state index contributed by atoms with van der Waals surface area (Å²) in [7, 11) is 1.65. The molecule has 5 N–H and O–H groups in total. The number of nitrogens with one attached hydrogen (secondary N) is 5. The summed E-state index contributed by atoms with van der Waals surface area (Å²) in [5.41, 5.74) is 6.13. The van der Waals surface area contributed by atoms with Crippen molar-refractivity contribution in [3.63, 3.8) is 0 Å². The van der Waals surface area contributed by atoms with Gasteiger partial charge in [0.25, 0.3) is 0 Å². The van der Waals surface area contributed by atoms with Gasteiger partial charge in [0.15, 0.2) is 0 Å². The second kappa shape index (κ2) is 19.7. The highest BCUT2D eigenvalue weighted by molar-refractivity contribution is 5.77. The Morgan fingerprint density at radius 3 is 2.24 bits per heavy atom. The van der Waals surface area contributed by atoms with E-state index in [2.05, 4.69) is 53.6 Å². The molecular weight excluding hydrogens is 646 g/mol. The average molecular weight is 710 g/mol. The Hall–Kier alpha value is -2.78. The highest BCUT2D eigenvalue weighted by Crippen LogP contribution is 2.59. The van der Waals surface area contributed by atoms with E-state index in [9.17, 15) is 19.2 Å². The van der Waals surface area contributed by atoms with Crippen LogP contribution in [0, 0.1) is 17.8 Å². The van der Waals surface area contributed by atoms with E-state index in [1.165, 1.54) is 5.57 Å². The molecule has 286 valence electrons. The molecule has 3 amide bonds. The number of carbonyl (C=O) groups is 4. The van der Waals surface area contributed by atoms with E-state index in [1.807, 2.05) is 27.7 Å². The number of epoxide rings is 2. The average Bonchev–Trinajstić information content (AvgIpc) is 3.98. The number of hydrogen-bond donors (Lipinski definition) is 5. The van der Waals surface area contributed by atoms with Gasteiger partial charge < -0.3 is 44.4 Å². The van der Waals surface area contributed by atoms with Crippen molar-refractivity contribution in [1.82, 2.24) is 26.8 Å².